The minimum absolute atomic E-state index is 0.162. The Kier molecular flexibility index (Phi) is 3.27. The molecule has 3 nitrogen and oxygen atoms in total. The number of aromatic nitrogens is 2. The topological polar surface area (TPSA) is 37.5 Å². The fraction of sp³-hybridized carbons (Fsp3) is 0.0714. The number of hydrogen-bond acceptors (Lipinski definition) is 2. The van der Waals surface area contributed by atoms with Gasteiger partial charge in [-0.2, -0.15) is 0 Å². The summed E-state index contributed by atoms with van der Waals surface area (Å²) in [5.74, 6) is -1.36. The summed E-state index contributed by atoms with van der Waals surface area (Å²) in [5.41, 5.74) is 1.50. The van der Waals surface area contributed by atoms with Crippen LogP contribution in [0.3, 0.4) is 0 Å². The first-order valence-corrected chi connectivity index (χ1v) is 6.62. The van der Waals surface area contributed by atoms with Gasteiger partial charge < -0.3 is 5.11 Å². The lowest BCUT2D eigenvalue weighted by Gasteiger charge is -2.03. The maximum Gasteiger partial charge on any atom is 0.137 e. The first-order chi connectivity index (χ1) is 9.60. The van der Waals surface area contributed by atoms with E-state index in [9.17, 15) is 13.9 Å². The highest BCUT2D eigenvalue weighted by Gasteiger charge is 2.17. The SMILES string of the molecule is OCc1c(-c2ccc(F)cc2F)nc2ccc(Br)cn12. The van der Waals surface area contributed by atoms with Crippen molar-refractivity contribution in [3.63, 3.8) is 0 Å². The number of nitrogens with zero attached hydrogens (tertiary/aromatic N) is 2. The van der Waals surface area contributed by atoms with E-state index in [0.29, 0.717) is 17.0 Å². The van der Waals surface area contributed by atoms with Gasteiger partial charge in [0, 0.05) is 22.3 Å². The van der Waals surface area contributed by atoms with Crippen molar-refractivity contribution >= 4 is 21.6 Å². The molecule has 0 fully saturated rings. The Hall–Kier alpha value is -1.79. The summed E-state index contributed by atoms with van der Waals surface area (Å²) >= 11 is 3.33. The average Bonchev–Trinajstić information content (AvgIpc) is 2.76. The van der Waals surface area contributed by atoms with Crippen LogP contribution in [0.2, 0.25) is 0 Å². The molecular weight excluding hydrogens is 330 g/mol. The lowest BCUT2D eigenvalue weighted by molar-refractivity contribution is 0.276. The summed E-state index contributed by atoms with van der Waals surface area (Å²) in [6.45, 7) is -0.302. The molecule has 0 bridgehead atoms. The third kappa shape index (κ3) is 2.10. The highest BCUT2D eigenvalue weighted by atomic mass is 79.9. The molecule has 102 valence electrons. The highest BCUT2D eigenvalue weighted by molar-refractivity contribution is 9.10. The number of hydrogen-bond donors (Lipinski definition) is 1. The quantitative estimate of drug-likeness (QED) is 0.776. The Bertz CT molecular complexity index is 801. The Morgan fingerprint density at radius 2 is 2.00 bits per heavy atom. The van der Waals surface area contributed by atoms with Gasteiger partial charge in [0.05, 0.1) is 18.0 Å². The van der Waals surface area contributed by atoms with E-state index in [1.807, 2.05) is 0 Å². The zero-order chi connectivity index (χ0) is 14.3. The van der Waals surface area contributed by atoms with Crippen molar-refractivity contribution in [2.45, 2.75) is 6.61 Å². The van der Waals surface area contributed by atoms with Gasteiger partial charge >= 0.3 is 0 Å². The van der Waals surface area contributed by atoms with Gasteiger partial charge in [0.2, 0.25) is 0 Å². The molecule has 0 spiro atoms. The van der Waals surface area contributed by atoms with Crippen LogP contribution < -0.4 is 0 Å². The van der Waals surface area contributed by atoms with Gasteiger partial charge in [-0.25, -0.2) is 13.8 Å². The molecule has 2 aromatic heterocycles. The van der Waals surface area contributed by atoms with Crippen molar-refractivity contribution in [2.75, 3.05) is 0 Å². The van der Waals surface area contributed by atoms with Crippen molar-refractivity contribution in [1.29, 1.82) is 0 Å². The second kappa shape index (κ2) is 4.96. The first kappa shape index (κ1) is 13.2. The lowest BCUT2D eigenvalue weighted by Crippen LogP contribution is -1.95. The van der Waals surface area contributed by atoms with Crippen molar-refractivity contribution in [3.8, 4) is 11.3 Å². The lowest BCUT2D eigenvalue weighted by atomic mass is 10.1. The minimum atomic E-state index is -0.706. The largest absolute Gasteiger partial charge is 0.390 e. The molecule has 2 heterocycles. The van der Waals surface area contributed by atoms with E-state index in [-0.39, 0.29) is 12.2 Å². The van der Waals surface area contributed by atoms with Crippen LogP contribution in [0.15, 0.2) is 41.0 Å². The molecule has 1 N–H and O–H groups in total. The molecule has 0 amide bonds. The summed E-state index contributed by atoms with van der Waals surface area (Å²) in [5, 5.41) is 9.53. The molecular formula is C14H9BrF2N2O. The van der Waals surface area contributed by atoms with E-state index >= 15 is 0 Å². The fourth-order valence-electron chi connectivity index (χ4n) is 2.12. The van der Waals surface area contributed by atoms with E-state index in [4.69, 9.17) is 0 Å². The third-order valence-electron chi connectivity index (χ3n) is 3.02. The monoisotopic (exact) mass is 338 g/mol. The number of fused-ring (bicyclic) bond motifs is 1. The first-order valence-electron chi connectivity index (χ1n) is 5.83. The summed E-state index contributed by atoms with van der Waals surface area (Å²) in [4.78, 5) is 4.31. The highest BCUT2D eigenvalue weighted by Crippen LogP contribution is 2.28. The van der Waals surface area contributed by atoms with Gasteiger partial charge in [0.25, 0.3) is 0 Å². The van der Waals surface area contributed by atoms with Crippen LogP contribution in [-0.4, -0.2) is 14.5 Å². The predicted octanol–water partition coefficient (Wildman–Crippen LogP) is 3.53. The van der Waals surface area contributed by atoms with E-state index in [1.54, 1.807) is 22.7 Å². The van der Waals surface area contributed by atoms with Crippen LogP contribution >= 0.6 is 15.9 Å². The Balaban J connectivity index is 2.30. The number of pyridine rings is 1. The van der Waals surface area contributed by atoms with E-state index in [1.165, 1.54) is 12.1 Å². The molecule has 0 saturated heterocycles. The molecule has 0 saturated carbocycles. The summed E-state index contributed by atoms with van der Waals surface area (Å²) in [6.07, 6.45) is 1.73. The van der Waals surface area contributed by atoms with Gasteiger partial charge in [0.1, 0.15) is 17.3 Å². The Morgan fingerprint density at radius 3 is 2.70 bits per heavy atom. The summed E-state index contributed by atoms with van der Waals surface area (Å²) in [6, 6.07) is 6.83. The average molecular weight is 339 g/mol. The van der Waals surface area contributed by atoms with Crippen molar-refractivity contribution in [1.82, 2.24) is 9.38 Å². The number of imidazole rings is 1. The molecule has 0 aliphatic carbocycles. The van der Waals surface area contributed by atoms with Gasteiger partial charge in [-0.3, -0.25) is 4.40 Å². The number of aliphatic hydroxyl groups is 1. The molecule has 3 rings (SSSR count). The second-order valence-corrected chi connectivity index (χ2v) is 5.18. The third-order valence-corrected chi connectivity index (χ3v) is 3.49. The van der Waals surface area contributed by atoms with Gasteiger partial charge in [-0.15, -0.1) is 0 Å². The molecule has 0 aliphatic heterocycles. The standard InChI is InChI=1S/C14H9BrF2N2O/c15-8-1-4-13-18-14(12(7-20)19(13)6-8)10-3-2-9(16)5-11(10)17/h1-6,20H,7H2. The zero-order valence-corrected chi connectivity index (χ0v) is 11.7. The minimum Gasteiger partial charge on any atom is -0.390 e. The van der Waals surface area contributed by atoms with Crippen LogP contribution in [0.1, 0.15) is 5.69 Å². The Morgan fingerprint density at radius 1 is 1.20 bits per heavy atom. The normalized spacial score (nSPS) is 11.2. The summed E-state index contributed by atoms with van der Waals surface area (Å²) in [7, 11) is 0. The number of rotatable bonds is 2. The van der Waals surface area contributed by atoms with Gasteiger partial charge in [-0.05, 0) is 40.2 Å². The van der Waals surface area contributed by atoms with Crippen molar-refractivity contribution in [3.05, 3.63) is 58.3 Å². The molecule has 6 heteroatoms. The predicted molar refractivity (Wildman–Crippen MR) is 74.2 cm³/mol. The number of halogens is 3. The maximum absolute atomic E-state index is 13.9. The number of aliphatic hydroxyl groups excluding tert-OH is 1. The van der Waals surface area contributed by atoms with Crippen LogP contribution in [0.4, 0.5) is 8.78 Å². The van der Waals surface area contributed by atoms with Crippen molar-refractivity contribution in [2.24, 2.45) is 0 Å². The fourth-order valence-corrected chi connectivity index (χ4v) is 2.45. The molecule has 3 aromatic rings. The van der Waals surface area contributed by atoms with Crippen LogP contribution in [-0.2, 0) is 6.61 Å². The molecule has 0 unspecified atom stereocenters. The molecule has 0 atom stereocenters. The summed E-state index contributed by atoms with van der Waals surface area (Å²) < 4.78 is 29.3. The second-order valence-electron chi connectivity index (χ2n) is 4.26. The maximum atomic E-state index is 13.9. The van der Waals surface area contributed by atoms with Gasteiger partial charge in [0.15, 0.2) is 0 Å². The molecule has 1 aromatic carbocycles. The Labute approximate surface area is 121 Å². The smallest absolute Gasteiger partial charge is 0.137 e. The van der Waals surface area contributed by atoms with Crippen molar-refractivity contribution < 1.29 is 13.9 Å². The van der Waals surface area contributed by atoms with Gasteiger partial charge in [-0.1, -0.05) is 0 Å². The molecule has 0 radical (unpaired) electrons. The molecule has 20 heavy (non-hydrogen) atoms. The van der Waals surface area contributed by atoms with Crippen LogP contribution in [0, 0.1) is 11.6 Å². The van der Waals surface area contributed by atoms with E-state index < -0.39 is 11.6 Å². The number of benzene rings is 1. The van der Waals surface area contributed by atoms with E-state index in [0.717, 1.165) is 10.5 Å². The molecule has 0 aliphatic rings. The zero-order valence-electron chi connectivity index (χ0n) is 10.1. The van der Waals surface area contributed by atoms with Crippen LogP contribution in [0.5, 0.6) is 0 Å². The van der Waals surface area contributed by atoms with Crippen LogP contribution in [0.25, 0.3) is 16.9 Å². The van der Waals surface area contributed by atoms with E-state index in [2.05, 4.69) is 20.9 Å².